The normalized spacial score (nSPS) is 19.3. The minimum absolute atomic E-state index is 0.173. The van der Waals surface area contributed by atoms with Crippen LogP contribution in [-0.4, -0.2) is 66.7 Å². The second-order valence-corrected chi connectivity index (χ2v) is 5.16. The molecule has 106 valence electrons. The van der Waals surface area contributed by atoms with E-state index in [1.165, 1.54) is 38.8 Å². The lowest BCUT2D eigenvalue weighted by molar-refractivity contribution is -0.132. The van der Waals surface area contributed by atoms with Crippen molar-refractivity contribution >= 4 is 5.91 Å². The van der Waals surface area contributed by atoms with Crippen molar-refractivity contribution in [2.45, 2.75) is 38.1 Å². The quantitative estimate of drug-likeness (QED) is 0.704. The van der Waals surface area contributed by atoms with E-state index in [9.17, 15) is 4.79 Å². The van der Waals surface area contributed by atoms with Crippen molar-refractivity contribution in [2.75, 3.05) is 39.8 Å². The molecule has 1 saturated heterocycles. The Kier molecular flexibility index (Phi) is 7.23. The van der Waals surface area contributed by atoms with E-state index in [4.69, 9.17) is 10.8 Å². The standard InChI is InChI=1S/C13H27N3O2/c1-15(13(18)12(14)11-17)7-6-10-16-8-4-2-3-5-9-16/h12,17H,2-11,14H2,1H3/t12-/m0/s1. The predicted octanol–water partition coefficient (Wildman–Crippen LogP) is 0.0305. The van der Waals surface area contributed by atoms with Crippen molar-refractivity contribution in [2.24, 2.45) is 5.73 Å². The third kappa shape index (κ3) is 5.33. The number of rotatable bonds is 6. The zero-order valence-corrected chi connectivity index (χ0v) is 11.5. The molecule has 1 heterocycles. The van der Waals surface area contributed by atoms with Crippen molar-refractivity contribution in [1.29, 1.82) is 0 Å². The van der Waals surface area contributed by atoms with Gasteiger partial charge in [0.05, 0.1) is 6.61 Å². The van der Waals surface area contributed by atoms with Gasteiger partial charge in [0, 0.05) is 13.6 Å². The third-order valence-electron chi connectivity index (χ3n) is 3.56. The first-order valence-corrected chi connectivity index (χ1v) is 6.99. The highest BCUT2D eigenvalue weighted by atomic mass is 16.3. The molecule has 1 atom stereocenters. The lowest BCUT2D eigenvalue weighted by Crippen LogP contribution is -2.44. The van der Waals surface area contributed by atoms with Crippen LogP contribution in [-0.2, 0) is 4.79 Å². The highest BCUT2D eigenvalue weighted by Crippen LogP contribution is 2.09. The summed E-state index contributed by atoms with van der Waals surface area (Å²) in [7, 11) is 1.75. The summed E-state index contributed by atoms with van der Waals surface area (Å²) in [6.45, 7) is 3.85. The van der Waals surface area contributed by atoms with Gasteiger partial charge in [-0.3, -0.25) is 4.79 Å². The molecule has 3 N–H and O–H groups in total. The van der Waals surface area contributed by atoms with Crippen molar-refractivity contribution < 1.29 is 9.90 Å². The van der Waals surface area contributed by atoms with E-state index in [1.807, 2.05) is 0 Å². The molecule has 1 rings (SSSR count). The van der Waals surface area contributed by atoms with Crippen LogP contribution in [0.4, 0.5) is 0 Å². The highest BCUT2D eigenvalue weighted by Gasteiger charge is 2.17. The van der Waals surface area contributed by atoms with Crippen LogP contribution in [0.15, 0.2) is 0 Å². The van der Waals surface area contributed by atoms with Crippen molar-refractivity contribution in [1.82, 2.24) is 9.80 Å². The first-order chi connectivity index (χ1) is 8.65. The minimum Gasteiger partial charge on any atom is -0.394 e. The number of hydrogen-bond acceptors (Lipinski definition) is 4. The number of amides is 1. The number of carbonyl (C=O) groups is 1. The first-order valence-electron chi connectivity index (χ1n) is 6.99. The molecular formula is C13H27N3O2. The summed E-state index contributed by atoms with van der Waals surface area (Å²) in [4.78, 5) is 15.7. The molecule has 0 bridgehead atoms. The molecule has 5 nitrogen and oxygen atoms in total. The van der Waals surface area contributed by atoms with Crippen LogP contribution in [0.25, 0.3) is 0 Å². The van der Waals surface area contributed by atoms with Crippen LogP contribution >= 0.6 is 0 Å². The van der Waals surface area contributed by atoms with Crippen LogP contribution in [0, 0.1) is 0 Å². The molecular weight excluding hydrogens is 230 g/mol. The lowest BCUT2D eigenvalue weighted by atomic mass is 10.2. The molecule has 18 heavy (non-hydrogen) atoms. The maximum atomic E-state index is 11.6. The SMILES string of the molecule is CN(CCCN1CCCCCC1)C(=O)[C@@H](N)CO. The zero-order valence-electron chi connectivity index (χ0n) is 11.5. The number of hydrogen-bond donors (Lipinski definition) is 2. The highest BCUT2D eigenvalue weighted by molar-refractivity contribution is 5.81. The molecule has 1 aliphatic rings. The number of aliphatic hydroxyl groups is 1. The summed E-state index contributed by atoms with van der Waals surface area (Å²) in [6, 6.07) is -0.770. The predicted molar refractivity (Wildman–Crippen MR) is 72.2 cm³/mol. The third-order valence-corrected chi connectivity index (χ3v) is 3.56. The summed E-state index contributed by atoms with van der Waals surface area (Å²) in [6.07, 6.45) is 6.26. The van der Waals surface area contributed by atoms with E-state index >= 15 is 0 Å². The number of likely N-dealkylation sites (N-methyl/N-ethyl adjacent to an activating group) is 1. The Bertz CT molecular complexity index is 240. The van der Waals surface area contributed by atoms with E-state index in [1.54, 1.807) is 11.9 Å². The van der Waals surface area contributed by atoms with Gasteiger partial charge in [-0.1, -0.05) is 12.8 Å². The Hall–Kier alpha value is -0.650. The van der Waals surface area contributed by atoms with Gasteiger partial charge in [-0.05, 0) is 38.9 Å². The van der Waals surface area contributed by atoms with Gasteiger partial charge < -0.3 is 20.6 Å². The van der Waals surface area contributed by atoms with Gasteiger partial charge in [-0.25, -0.2) is 0 Å². The molecule has 0 unspecified atom stereocenters. The van der Waals surface area contributed by atoms with E-state index in [-0.39, 0.29) is 12.5 Å². The molecule has 0 spiro atoms. The molecule has 0 saturated carbocycles. The maximum Gasteiger partial charge on any atom is 0.241 e. The fourth-order valence-electron chi connectivity index (χ4n) is 2.36. The van der Waals surface area contributed by atoms with Crippen LogP contribution < -0.4 is 5.73 Å². The number of carbonyl (C=O) groups excluding carboxylic acids is 1. The minimum atomic E-state index is -0.770. The first kappa shape index (κ1) is 15.4. The maximum absolute atomic E-state index is 11.6. The van der Waals surface area contributed by atoms with Crippen LogP contribution in [0.2, 0.25) is 0 Å². The van der Waals surface area contributed by atoms with E-state index in [0.717, 1.165) is 13.0 Å². The Morgan fingerprint density at radius 1 is 1.33 bits per heavy atom. The van der Waals surface area contributed by atoms with Gasteiger partial charge in [-0.15, -0.1) is 0 Å². The molecule has 0 aromatic rings. The van der Waals surface area contributed by atoms with Crippen molar-refractivity contribution in [3.8, 4) is 0 Å². The molecule has 0 aromatic carbocycles. The van der Waals surface area contributed by atoms with Gasteiger partial charge >= 0.3 is 0 Å². The number of nitrogens with two attached hydrogens (primary N) is 1. The van der Waals surface area contributed by atoms with Crippen LogP contribution in [0.3, 0.4) is 0 Å². The Labute approximate surface area is 110 Å². The second kappa shape index (κ2) is 8.45. The van der Waals surface area contributed by atoms with Gasteiger partial charge in [0.15, 0.2) is 0 Å². The Morgan fingerprint density at radius 3 is 2.50 bits per heavy atom. The van der Waals surface area contributed by atoms with Gasteiger partial charge in [-0.2, -0.15) is 0 Å². The van der Waals surface area contributed by atoms with Crippen molar-refractivity contribution in [3.63, 3.8) is 0 Å². The number of likely N-dealkylation sites (tertiary alicyclic amines) is 1. The molecule has 5 heteroatoms. The zero-order chi connectivity index (χ0) is 13.4. The second-order valence-electron chi connectivity index (χ2n) is 5.16. The molecule has 1 fully saturated rings. The fraction of sp³-hybridized carbons (Fsp3) is 0.923. The largest absolute Gasteiger partial charge is 0.394 e. The summed E-state index contributed by atoms with van der Waals surface area (Å²) in [5.41, 5.74) is 5.50. The monoisotopic (exact) mass is 257 g/mol. The number of aliphatic hydroxyl groups excluding tert-OH is 1. The Balaban J connectivity index is 2.17. The summed E-state index contributed by atoms with van der Waals surface area (Å²) in [5.74, 6) is -0.173. The molecule has 0 radical (unpaired) electrons. The van der Waals surface area contributed by atoms with Crippen LogP contribution in [0.1, 0.15) is 32.1 Å². The molecule has 0 aliphatic carbocycles. The lowest BCUT2D eigenvalue weighted by Gasteiger charge is -2.23. The molecule has 1 amide bonds. The average Bonchev–Trinajstić information content (AvgIpc) is 2.65. The van der Waals surface area contributed by atoms with E-state index in [2.05, 4.69) is 4.90 Å². The van der Waals surface area contributed by atoms with Gasteiger partial charge in [0.2, 0.25) is 5.91 Å². The smallest absolute Gasteiger partial charge is 0.241 e. The topological polar surface area (TPSA) is 69.8 Å². The van der Waals surface area contributed by atoms with E-state index in [0.29, 0.717) is 6.54 Å². The summed E-state index contributed by atoms with van der Waals surface area (Å²) in [5, 5.41) is 8.83. The molecule has 0 aromatic heterocycles. The number of nitrogens with zero attached hydrogens (tertiary/aromatic N) is 2. The summed E-state index contributed by atoms with van der Waals surface area (Å²) >= 11 is 0. The van der Waals surface area contributed by atoms with Gasteiger partial charge in [0.25, 0.3) is 0 Å². The summed E-state index contributed by atoms with van der Waals surface area (Å²) < 4.78 is 0. The fourth-order valence-corrected chi connectivity index (χ4v) is 2.36. The van der Waals surface area contributed by atoms with Crippen molar-refractivity contribution in [3.05, 3.63) is 0 Å². The van der Waals surface area contributed by atoms with E-state index < -0.39 is 6.04 Å². The van der Waals surface area contributed by atoms with Crippen LogP contribution in [0.5, 0.6) is 0 Å². The molecule has 1 aliphatic heterocycles. The Morgan fingerprint density at radius 2 is 1.94 bits per heavy atom. The average molecular weight is 257 g/mol. The van der Waals surface area contributed by atoms with Gasteiger partial charge in [0.1, 0.15) is 6.04 Å².